The van der Waals surface area contributed by atoms with E-state index in [1.807, 2.05) is 6.92 Å². The van der Waals surface area contributed by atoms with Crippen LogP contribution in [0.2, 0.25) is 0 Å². The molecule has 0 spiro atoms. The second-order valence-electron chi connectivity index (χ2n) is 3.47. The first-order valence-electron chi connectivity index (χ1n) is 4.94. The van der Waals surface area contributed by atoms with Gasteiger partial charge in [0.1, 0.15) is 0 Å². The fraction of sp³-hybridized carbons (Fsp3) is 0.364. The van der Waals surface area contributed by atoms with Crippen molar-refractivity contribution < 1.29 is 14.3 Å². The zero-order chi connectivity index (χ0) is 10.8. The minimum absolute atomic E-state index is 0.0494. The summed E-state index contributed by atoms with van der Waals surface area (Å²) in [6.07, 6.45) is 1.32. The van der Waals surface area contributed by atoms with Gasteiger partial charge in [0.05, 0.1) is 0 Å². The molecule has 0 bridgehead atoms. The molecule has 4 nitrogen and oxygen atoms in total. The van der Waals surface area contributed by atoms with Crippen molar-refractivity contribution in [1.29, 1.82) is 0 Å². The molecule has 0 unspecified atom stereocenters. The van der Waals surface area contributed by atoms with Crippen LogP contribution in [-0.2, 0) is 0 Å². The molecule has 0 radical (unpaired) electrons. The Hall–Kier alpha value is -1.71. The number of ketones is 1. The van der Waals surface area contributed by atoms with Crippen LogP contribution < -0.4 is 15.2 Å². The second kappa shape index (κ2) is 3.81. The lowest BCUT2D eigenvalue weighted by Crippen LogP contribution is -2.03. The molecule has 4 heteroatoms. The van der Waals surface area contributed by atoms with Crippen molar-refractivity contribution in [3.05, 3.63) is 17.7 Å². The van der Waals surface area contributed by atoms with Crippen LogP contribution in [0.25, 0.3) is 0 Å². The van der Waals surface area contributed by atoms with Crippen LogP contribution >= 0.6 is 0 Å². The number of rotatable bonds is 3. The van der Waals surface area contributed by atoms with Crippen LogP contribution in [0.1, 0.15) is 30.1 Å². The van der Waals surface area contributed by atoms with E-state index in [1.165, 1.54) is 0 Å². The summed E-state index contributed by atoms with van der Waals surface area (Å²) in [5, 5.41) is 0. The minimum Gasteiger partial charge on any atom is -0.454 e. The number of Topliss-reactive ketones (excluding diaryl/α,β-unsaturated/α-hetero) is 1. The van der Waals surface area contributed by atoms with Crippen molar-refractivity contribution in [3.63, 3.8) is 0 Å². The number of benzene rings is 1. The van der Waals surface area contributed by atoms with E-state index in [1.54, 1.807) is 12.1 Å². The fourth-order valence-electron chi connectivity index (χ4n) is 1.56. The molecule has 0 saturated carbocycles. The molecule has 0 aliphatic carbocycles. The van der Waals surface area contributed by atoms with Gasteiger partial charge in [0.15, 0.2) is 17.3 Å². The summed E-state index contributed by atoms with van der Waals surface area (Å²) in [5.74, 6) is 1.26. The van der Waals surface area contributed by atoms with Crippen molar-refractivity contribution in [2.75, 3.05) is 12.5 Å². The number of fused-ring (bicyclic) bond motifs is 1. The molecule has 1 heterocycles. The molecule has 0 atom stereocenters. The number of nitrogen functional groups attached to an aromatic ring is 1. The SMILES string of the molecule is CCCC(=O)c1cc2c(cc1N)OCO2. The van der Waals surface area contributed by atoms with Crippen molar-refractivity contribution in [3.8, 4) is 11.5 Å². The average molecular weight is 207 g/mol. The van der Waals surface area contributed by atoms with Gasteiger partial charge in [0.25, 0.3) is 0 Å². The monoisotopic (exact) mass is 207 g/mol. The van der Waals surface area contributed by atoms with Gasteiger partial charge in [-0.3, -0.25) is 4.79 Å². The van der Waals surface area contributed by atoms with Crippen molar-refractivity contribution in [1.82, 2.24) is 0 Å². The molecule has 80 valence electrons. The first kappa shape index (κ1) is 9.83. The number of nitrogens with two attached hydrogens (primary N) is 1. The highest BCUT2D eigenvalue weighted by Gasteiger charge is 2.18. The molecule has 1 aromatic rings. The smallest absolute Gasteiger partial charge is 0.231 e. The maximum absolute atomic E-state index is 11.7. The number of hydrogen-bond donors (Lipinski definition) is 1. The quantitative estimate of drug-likeness (QED) is 0.608. The lowest BCUT2D eigenvalue weighted by atomic mass is 10.0. The molecular weight excluding hydrogens is 194 g/mol. The van der Waals surface area contributed by atoms with Gasteiger partial charge in [0, 0.05) is 23.7 Å². The normalized spacial score (nSPS) is 12.9. The Bertz CT molecular complexity index is 401. The molecule has 0 aromatic heterocycles. The van der Waals surface area contributed by atoms with E-state index in [2.05, 4.69) is 0 Å². The van der Waals surface area contributed by atoms with E-state index < -0.39 is 0 Å². The number of hydrogen-bond acceptors (Lipinski definition) is 4. The predicted octanol–water partition coefficient (Wildman–Crippen LogP) is 1.98. The predicted molar refractivity (Wildman–Crippen MR) is 56.2 cm³/mol. The van der Waals surface area contributed by atoms with Crippen molar-refractivity contribution in [2.24, 2.45) is 0 Å². The van der Waals surface area contributed by atoms with Crippen LogP contribution in [-0.4, -0.2) is 12.6 Å². The number of anilines is 1. The zero-order valence-electron chi connectivity index (χ0n) is 8.58. The standard InChI is InChI=1S/C11H13NO3/c1-2-3-9(13)7-4-10-11(5-8(7)12)15-6-14-10/h4-5H,2-3,6,12H2,1H3. The third-order valence-corrected chi connectivity index (χ3v) is 2.32. The molecule has 15 heavy (non-hydrogen) atoms. The van der Waals surface area contributed by atoms with Crippen LogP contribution in [0.15, 0.2) is 12.1 Å². The summed E-state index contributed by atoms with van der Waals surface area (Å²) in [6, 6.07) is 3.31. The van der Waals surface area contributed by atoms with Crippen LogP contribution in [0, 0.1) is 0 Å². The Morgan fingerprint density at radius 2 is 2.07 bits per heavy atom. The summed E-state index contributed by atoms with van der Waals surface area (Å²) in [6.45, 7) is 2.15. The van der Waals surface area contributed by atoms with Crippen molar-refractivity contribution >= 4 is 11.5 Å². The Labute approximate surface area is 88.0 Å². The highest BCUT2D eigenvalue weighted by atomic mass is 16.7. The molecule has 2 rings (SSSR count). The maximum atomic E-state index is 11.7. The molecule has 1 aliphatic rings. The lowest BCUT2D eigenvalue weighted by Gasteiger charge is -2.05. The van der Waals surface area contributed by atoms with E-state index in [0.29, 0.717) is 29.2 Å². The average Bonchev–Trinajstić information content (AvgIpc) is 2.63. The third-order valence-electron chi connectivity index (χ3n) is 2.32. The second-order valence-corrected chi connectivity index (χ2v) is 3.47. The van der Waals surface area contributed by atoms with Gasteiger partial charge < -0.3 is 15.2 Å². The first-order chi connectivity index (χ1) is 7.22. The number of ether oxygens (including phenoxy) is 2. The molecule has 0 amide bonds. The minimum atomic E-state index is 0.0494. The van der Waals surface area contributed by atoms with Crippen LogP contribution in [0.4, 0.5) is 5.69 Å². The first-order valence-corrected chi connectivity index (χ1v) is 4.94. The zero-order valence-corrected chi connectivity index (χ0v) is 8.58. The van der Waals surface area contributed by atoms with Gasteiger partial charge in [-0.1, -0.05) is 6.92 Å². The largest absolute Gasteiger partial charge is 0.454 e. The highest BCUT2D eigenvalue weighted by Crippen LogP contribution is 2.36. The van der Waals surface area contributed by atoms with Gasteiger partial charge in [-0.15, -0.1) is 0 Å². The lowest BCUT2D eigenvalue weighted by molar-refractivity contribution is 0.0982. The van der Waals surface area contributed by atoms with E-state index in [0.717, 1.165) is 6.42 Å². The summed E-state index contributed by atoms with van der Waals surface area (Å²) < 4.78 is 10.4. The Morgan fingerprint density at radius 1 is 1.40 bits per heavy atom. The van der Waals surface area contributed by atoms with Gasteiger partial charge >= 0.3 is 0 Å². The maximum Gasteiger partial charge on any atom is 0.231 e. The summed E-state index contributed by atoms with van der Waals surface area (Å²) in [4.78, 5) is 11.7. The molecule has 1 aliphatic heterocycles. The van der Waals surface area contributed by atoms with E-state index in [9.17, 15) is 4.79 Å². The number of carbonyl (C=O) groups excluding carboxylic acids is 1. The molecular formula is C11H13NO3. The van der Waals surface area contributed by atoms with Crippen LogP contribution in [0.3, 0.4) is 0 Å². The summed E-state index contributed by atoms with van der Waals surface area (Å²) in [7, 11) is 0. The molecule has 1 aromatic carbocycles. The molecule has 0 fully saturated rings. The molecule has 0 saturated heterocycles. The van der Waals surface area contributed by atoms with Gasteiger partial charge in [-0.2, -0.15) is 0 Å². The Kier molecular flexibility index (Phi) is 2.49. The summed E-state index contributed by atoms with van der Waals surface area (Å²) in [5.41, 5.74) is 6.75. The topological polar surface area (TPSA) is 61.6 Å². The van der Waals surface area contributed by atoms with Crippen LogP contribution in [0.5, 0.6) is 11.5 Å². The summed E-state index contributed by atoms with van der Waals surface area (Å²) >= 11 is 0. The van der Waals surface area contributed by atoms with Gasteiger partial charge in [0.2, 0.25) is 6.79 Å². The van der Waals surface area contributed by atoms with E-state index in [-0.39, 0.29) is 12.6 Å². The molecule has 2 N–H and O–H groups in total. The fourth-order valence-corrected chi connectivity index (χ4v) is 1.56. The van der Waals surface area contributed by atoms with E-state index in [4.69, 9.17) is 15.2 Å². The Balaban J connectivity index is 2.36. The van der Waals surface area contributed by atoms with E-state index >= 15 is 0 Å². The number of carbonyl (C=O) groups is 1. The third kappa shape index (κ3) is 1.75. The van der Waals surface area contributed by atoms with Crippen molar-refractivity contribution in [2.45, 2.75) is 19.8 Å². The van der Waals surface area contributed by atoms with Gasteiger partial charge in [-0.25, -0.2) is 0 Å². The highest BCUT2D eigenvalue weighted by molar-refractivity contribution is 6.01. The Morgan fingerprint density at radius 3 is 2.73 bits per heavy atom. The van der Waals surface area contributed by atoms with Gasteiger partial charge in [-0.05, 0) is 12.5 Å².